The van der Waals surface area contributed by atoms with Crippen molar-refractivity contribution in [3.8, 4) is 0 Å². The van der Waals surface area contributed by atoms with E-state index in [9.17, 15) is 13.6 Å². The Bertz CT molecular complexity index is 730. The molecule has 0 saturated carbocycles. The summed E-state index contributed by atoms with van der Waals surface area (Å²) in [4.78, 5) is 14.7. The molecule has 6 heteroatoms. The first-order valence-corrected chi connectivity index (χ1v) is 8.55. The molecule has 0 bridgehead atoms. The van der Waals surface area contributed by atoms with Gasteiger partial charge in [-0.2, -0.15) is 0 Å². The lowest BCUT2D eigenvalue weighted by molar-refractivity contribution is -1.02. The molecule has 1 saturated heterocycles. The van der Waals surface area contributed by atoms with Gasteiger partial charge in [0.2, 0.25) is 0 Å². The van der Waals surface area contributed by atoms with Crippen LogP contribution in [-0.2, 0) is 11.3 Å². The molecule has 1 fully saturated rings. The zero-order valence-electron chi connectivity index (χ0n) is 14.0. The van der Waals surface area contributed by atoms with Crippen molar-refractivity contribution in [2.45, 2.75) is 6.54 Å². The molecule has 0 aromatic heterocycles. The summed E-state index contributed by atoms with van der Waals surface area (Å²) in [6.45, 7) is 4.85. The van der Waals surface area contributed by atoms with Gasteiger partial charge < -0.3 is 15.1 Å². The maximum absolute atomic E-state index is 13.2. The number of anilines is 1. The number of benzene rings is 2. The van der Waals surface area contributed by atoms with Crippen LogP contribution in [0.15, 0.2) is 48.5 Å². The lowest BCUT2D eigenvalue weighted by Crippen LogP contribution is -3.28. The second-order valence-corrected chi connectivity index (χ2v) is 6.54. The van der Waals surface area contributed by atoms with E-state index in [1.165, 1.54) is 28.0 Å². The van der Waals surface area contributed by atoms with Crippen LogP contribution in [0.1, 0.15) is 5.56 Å². The minimum Gasteiger partial charge on any atom is -0.322 e. The molecule has 4 nitrogen and oxygen atoms in total. The van der Waals surface area contributed by atoms with Gasteiger partial charge in [0.1, 0.15) is 44.4 Å². The van der Waals surface area contributed by atoms with Gasteiger partial charge in [0.25, 0.3) is 5.91 Å². The van der Waals surface area contributed by atoms with Crippen molar-refractivity contribution in [3.63, 3.8) is 0 Å². The maximum atomic E-state index is 13.2. The second kappa shape index (κ2) is 8.18. The average Bonchev–Trinajstić information content (AvgIpc) is 2.57. The number of piperazine rings is 1. The Labute approximate surface area is 146 Å². The molecule has 0 unspecified atom stereocenters. The standard InChI is InChI=1S/C19H21F2N3O/c20-16-4-1-3-15(11-16)13-23-7-9-24(10-8-23)14-19(25)22-18-6-2-5-17(21)12-18/h1-6,11-12H,7-10,13-14H2,(H,22,25)/p+2. The third-order valence-corrected chi connectivity index (χ3v) is 4.53. The van der Waals surface area contributed by atoms with Gasteiger partial charge in [-0.3, -0.25) is 4.79 Å². The molecular formula is C19H23F2N3O+2. The minimum atomic E-state index is -0.361. The fourth-order valence-corrected chi connectivity index (χ4v) is 3.24. The highest BCUT2D eigenvalue weighted by atomic mass is 19.1. The van der Waals surface area contributed by atoms with Gasteiger partial charge in [0.05, 0.1) is 0 Å². The second-order valence-electron chi connectivity index (χ2n) is 6.54. The minimum absolute atomic E-state index is 0.103. The van der Waals surface area contributed by atoms with Crippen molar-refractivity contribution < 1.29 is 23.4 Å². The van der Waals surface area contributed by atoms with Crippen molar-refractivity contribution in [3.05, 3.63) is 65.7 Å². The summed E-state index contributed by atoms with van der Waals surface area (Å²) in [5.41, 5.74) is 1.49. The number of amides is 1. The van der Waals surface area contributed by atoms with E-state index in [4.69, 9.17) is 0 Å². The molecule has 3 N–H and O–H groups in total. The number of carbonyl (C=O) groups excluding carboxylic acids is 1. The van der Waals surface area contributed by atoms with E-state index in [-0.39, 0.29) is 17.5 Å². The van der Waals surface area contributed by atoms with Gasteiger partial charge >= 0.3 is 0 Å². The number of quaternary nitrogens is 2. The molecule has 1 amide bonds. The molecular weight excluding hydrogens is 324 g/mol. The lowest BCUT2D eigenvalue weighted by Gasteiger charge is -2.29. The van der Waals surface area contributed by atoms with E-state index in [1.807, 2.05) is 6.07 Å². The van der Waals surface area contributed by atoms with Crippen molar-refractivity contribution in [2.24, 2.45) is 0 Å². The number of hydrogen-bond donors (Lipinski definition) is 3. The molecule has 1 heterocycles. The third kappa shape index (κ3) is 5.34. The molecule has 2 aromatic carbocycles. The van der Waals surface area contributed by atoms with E-state index >= 15 is 0 Å². The predicted molar refractivity (Wildman–Crippen MR) is 91.4 cm³/mol. The zero-order valence-corrected chi connectivity index (χ0v) is 14.0. The fraction of sp³-hybridized carbons (Fsp3) is 0.316. The summed E-state index contributed by atoms with van der Waals surface area (Å²) in [6.07, 6.45) is 0. The quantitative estimate of drug-likeness (QED) is 0.694. The normalized spacial score (nSPS) is 20.2. The SMILES string of the molecule is O=C(C[NH+]1CC[NH+](Cc2cccc(F)c2)CC1)Nc1cccc(F)c1. The van der Waals surface area contributed by atoms with Gasteiger partial charge in [0, 0.05) is 11.3 Å². The Kier molecular flexibility index (Phi) is 5.73. The molecule has 25 heavy (non-hydrogen) atoms. The summed E-state index contributed by atoms with van der Waals surface area (Å²) in [5.74, 6) is -0.663. The average molecular weight is 347 g/mol. The molecule has 2 aromatic rings. The number of rotatable bonds is 5. The molecule has 0 aliphatic carbocycles. The van der Waals surface area contributed by atoms with Crippen LogP contribution in [-0.4, -0.2) is 38.6 Å². The molecule has 0 spiro atoms. The van der Waals surface area contributed by atoms with Gasteiger partial charge in [-0.05, 0) is 30.3 Å². The highest BCUT2D eigenvalue weighted by Gasteiger charge is 2.25. The Morgan fingerprint density at radius 1 is 0.920 bits per heavy atom. The van der Waals surface area contributed by atoms with Crippen LogP contribution in [0.4, 0.5) is 14.5 Å². The molecule has 3 rings (SSSR count). The molecule has 0 atom stereocenters. The molecule has 0 radical (unpaired) electrons. The Hall–Kier alpha value is -2.31. The van der Waals surface area contributed by atoms with Crippen LogP contribution in [0.5, 0.6) is 0 Å². The van der Waals surface area contributed by atoms with E-state index in [0.29, 0.717) is 12.2 Å². The van der Waals surface area contributed by atoms with Crippen LogP contribution in [0.3, 0.4) is 0 Å². The Morgan fingerprint density at radius 2 is 1.56 bits per heavy atom. The van der Waals surface area contributed by atoms with E-state index in [2.05, 4.69) is 5.32 Å². The predicted octanol–water partition coefficient (Wildman–Crippen LogP) is -0.113. The van der Waals surface area contributed by atoms with Crippen LogP contribution in [0.25, 0.3) is 0 Å². The van der Waals surface area contributed by atoms with Crippen molar-refractivity contribution in [2.75, 3.05) is 38.0 Å². The zero-order chi connectivity index (χ0) is 17.6. The summed E-state index contributed by atoms with van der Waals surface area (Å²) >= 11 is 0. The van der Waals surface area contributed by atoms with E-state index in [1.54, 1.807) is 24.3 Å². The summed E-state index contributed by atoms with van der Waals surface area (Å²) in [6, 6.07) is 12.6. The fourth-order valence-electron chi connectivity index (χ4n) is 3.24. The van der Waals surface area contributed by atoms with E-state index in [0.717, 1.165) is 38.3 Å². The van der Waals surface area contributed by atoms with Crippen molar-refractivity contribution in [1.29, 1.82) is 0 Å². The number of nitrogens with one attached hydrogen (secondary N) is 3. The number of hydrogen-bond acceptors (Lipinski definition) is 1. The van der Waals surface area contributed by atoms with Crippen LogP contribution >= 0.6 is 0 Å². The summed E-state index contributed by atoms with van der Waals surface area (Å²) in [5, 5.41) is 2.74. The molecule has 1 aliphatic rings. The van der Waals surface area contributed by atoms with Gasteiger partial charge in [-0.25, -0.2) is 8.78 Å². The van der Waals surface area contributed by atoms with Crippen LogP contribution in [0, 0.1) is 11.6 Å². The topological polar surface area (TPSA) is 38.0 Å². The maximum Gasteiger partial charge on any atom is 0.279 e. The van der Waals surface area contributed by atoms with Gasteiger partial charge in [0.15, 0.2) is 6.54 Å². The Balaban J connectivity index is 1.43. The van der Waals surface area contributed by atoms with Crippen molar-refractivity contribution in [1.82, 2.24) is 0 Å². The number of halogens is 2. The van der Waals surface area contributed by atoms with Gasteiger partial charge in [-0.15, -0.1) is 0 Å². The van der Waals surface area contributed by atoms with Gasteiger partial charge in [-0.1, -0.05) is 18.2 Å². The number of carbonyl (C=O) groups is 1. The monoisotopic (exact) mass is 347 g/mol. The lowest BCUT2D eigenvalue weighted by atomic mass is 10.2. The third-order valence-electron chi connectivity index (χ3n) is 4.53. The first kappa shape index (κ1) is 17.5. The highest BCUT2D eigenvalue weighted by molar-refractivity contribution is 5.91. The smallest absolute Gasteiger partial charge is 0.279 e. The molecule has 1 aliphatic heterocycles. The summed E-state index contributed by atoms with van der Waals surface area (Å²) in [7, 11) is 0. The Morgan fingerprint density at radius 3 is 2.24 bits per heavy atom. The first-order valence-electron chi connectivity index (χ1n) is 8.55. The van der Waals surface area contributed by atoms with Crippen LogP contribution in [0.2, 0.25) is 0 Å². The molecule has 132 valence electrons. The van der Waals surface area contributed by atoms with E-state index < -0.39 is 0 Å². The van der Waals surface area contributed by atoms with Crippen LogP contribution < -0.4 is 15.1 Å². The van der Waals surface area contributed by atoms with Crippen molar-refractivity contribution >= 4 is 11.6 Å². The first-order chi connectivity index (χ1) is 12.1. The highest BCUT2D eigenvalue weighted by Crippen LogP contribution is 2.08. The largest absolute Gasteiger partial charge is 0.322 e. The summed E-state index contributed by atoms with van der Waals surface area (Å²) < 4.78 is 26.4.